The molecule has 2 aromatic rings. The minimum Gasteiger partial charge on any atom is -0.437 e. The fourth-order valence-electron chi connectivity index (χ4n) is 1.60. The average molecular weight is 229 g/mol. The zero-order chi connectivity index (χ0) is 12.3. The summed E-state index contributed by atoms with van der Waals surface area (Å²) in [6.45, 7) is 4.36. The first-order valence-electron chi connectivity index (χ1n) is 5.46. The summed E-state index contributed by atoms with van der Waals surface area (Å²) in [5.74, 6) is 1.26. The van der Waals surface area contributed by atoms with Crippen LogP contribution in [0.25, 0.3) is 0 Å². The lowest BCUT2D eigenvalue weighted by molar-refractivity contribution is 0.449. The number of ether oxygens (including phenoxy) is 1. The molecule has 2 N–H and O–H groups in total. The third-order valence-corrected chi connectivity index (χ3v) is 2.47. The van der Waals surface area contributed by atoms with Gasteiger partial charge in [0, 0.05) is 18.9 Å². The highest BCUT2D eigenvalue weighted by Gasteiger charge is 2.07. The number of hydrogen-bond acceptors (Lipinski definition) is 4. The summed E-state index contributed by atoms with van der Waals surface area (Å²) in [5.41, 5.74) is 8.51. The molecule has 4 heteroatoms. The van der Waals surface area contributed by atoms with Crippen LogP contribution in [0.3, 0.4) is 0 Å². The summed E-state index contributed by atoms with van der Waals surface area (Å²) in [6, 6.07) is 5.99. The van der Waals surface area contributed by atoms with Gasteiger partial charge in [0.15, 0.2) is 0 Å². The van der Waals surface area contributed by atoms with E-state index in [0.29, 0.717) is 18.1 Å². The second-order valence-corrected chi connectivity index (χ2v) is 3.88. The van der Waals surface area contributed by atoms with Gasteiger partial charge in [0.2, 0.25) is 5.88 Å². The van der Waals surface area contributed by atoms with E-state index in [1.54, 1.807) is 12.4 Å². The fourth-order valence-corrected chi connectivity index (χ4v) is 1.60. The Kier molecular flexibility index (Phi) is 3.35. The van der Waals surface area contributed by atoms with Crippen molar-refractivity contribution in [2.24, 2.45) is 5.73 Å². The van der Waals surface area contributed by atoms with Crippen molar-refractivity contribution >= 4 is 0 Å². The number of rotatable bonds is 3. The lowest BCUT2D eigenvalue weighted by Gasteiger charge is -2.10. The zero-order valence-corrected chi connectivity index (χ0v) is 9.97. The van der Waals surface area contributed by atoms with Gasteiger partial charge in [0.25, 0.3) is 0 Å². The Morgan fingerprint density at radius 2 is 1.94 bits per heavy atom. The molecule has 0 radical (unpaired) electrons. The van der Waals surface area contributed by atoms with Gasteiger partial charge in [0.1, 0.15) is 11.4 Å². The molecule has 2 rings (SSSR count). The molecule has 0 saturated carbocycles. The van der Waals surface area contributed by atoms with Gasteiger partial charge in [-0.15, -0.1) is 0 Å². The highest BCUT2D eigenvalue weighted by atomic mass is 16.5. The van der Waals surface area contributed by atoms with E-state index >= 15 is 0 Å². The molecular weight excluding hydrogens is 214 g/mol. The number of hydrogen-bond donors (Lipinski definition) is 1. The maximum Gasteiger partial charge on any atom is 0.242 e. The summed E-state index contributed by atoms with van der Waals surface area (Å²) in [7, 11) is 0. The Hall–Kier alpha value is -1.94. The van der Waals surface area contributed by atoms with Crippen molar-refractivity contribution < 1.29 is 4.74 Å². The number of benzene rings is 1. The number of aromatic nitrogens is 2. The Morgan fingerprint density at radius 1 is 1.18 bits per heavy atom. The van der Waals surface area contributed by atoms with Gasteiger partial charge in [0.05, 0.1) is 0 Å². The van der Waals surface area contributed by atoms with Crippen molar-refractivity contribution in [2.75, 3.05) is 0 Å². The minimum absolute atomic E-state index is 0.314. The standard InChI is InChI=1S/C13H15N3O/c1-9-3-4-12(10(2)7-9)17-13-11(8-14)15-5-6-16-13/h3-7H,8,14H2,1-2H3. The van der Waals surface area contributed by atoms with Crippen molar-refractivity contribution in [3.63, 3.8) is 0 Å². The second-order valence-electron chi connectivity index (χ2n) is 3.88. The Bertz CT molecular complexity index is 526. The predicted octanol–water partition coefficient (Wildman–Crippen LogP) is 2.34. The third kappa shape index (κ3) is 2.60. The average Bonchev–Trinajstić information content (AvgIpc) is 2.33. The highest BCUT2D eigenvalue weighted by Crippen LogP contribution is 2.25. The van der Waals surface area contributed by atoms with Crippen molar-refractivity contribution in [3.05, 3.63) is 47.4 Å². The largest absolute Gasteiger partial charge is 0.437 e. The first-order chi connectivity index (χ1) is 8.20. The maximum atomic E-state index is 5.73. The number of aryl methyl sites for hydroxylation is 2. The molecule has 0 spiro atoms. The van der Waals surface area contributed by atoms with Crippen LogP contribution in [0.1, 0.15) is 16.8 Å². The first kappa shape index (κ1) is 11.5. The van der Waals surface area contributed by atoms with Crippen LogP contribution in [0.2, 0.25) is 0 Å². The number of nitrogens with zero attached hydrogens (tertiary/aromatic N) is 2. The predicted molar refractivity (Wildman–Crippen MR) is 65.9 cm³/mol. The minimum atomic E-state index is 0.314. The van der Waals surface area contributed by atoms with Gasteiger partial charge >= 0.3 is 0 Å². The smallest absolute Gasteiger partial charge is 0.242 e. The van der Waals surface area contributed by atoms with Crippen LogP contribution in [0.15, 0.2) is 30.6 Å². The van der Waals surface area contributed by atoms with Crippen LogP contribution < -0.4 is 10.5 Å². The van der Waals surface area contributed by atoms with E-state index in [0.717, 1.165) is 11.3 Å². The monoisotopic (exact) mass is 229 g/mol. The van der Waals surface area contributed by atoms with E-state index in [1.807, 2.05) is 26.0 Å². The fraction of sp³-hybridized carbons (Fsp3) is 0.231. The van der Waals surface area contributed by atoms with Crippen molar-refractivity contribution in [3.8, 4) is 11.6 Å². The van der Waals surface area contributed by atoms with Crippen LogP contribution in [-0.2, 0) is 6.54 Å². The van der Waals surface area contributed by atoms with Crippen LogP contribution in [-0.4, -0.2) is 9.97 Å². The van der Waals surface area contributed by atoms with Crippen LogP contribution in [0.5, 0.6) is 11.6 Å². The molecule has 0 atom stereocenters. The summed E-state index contributed by atoms with van der Waals surface area (Å²) in [6.07, 6.45) is 3.20. The van der Waals surface area contributed by atoms with E-state index in [2.05, 4.69) is 16.0 Å². The Morgan fingerprint density at radius 3 is 2.65 bits per heavy atom. The molecule has 1 aromatic carbocycles. The summed E-state index contributed by atoms with van der Waals surface area (Å²) in [4.78, 5) is 8.27. The molecule has 4 nitrogen and oxygen atoms in total. The SMILES string of the molecule is Cc1ccc(Oc2nccnc2CN)c(C)c1. The van der Waals surface area contributed by atoms with E-state index in [1.165, 1.54) is 5.56 Å². The molecule has 0 aliphatic heterocycles. The van der Waals surface area contributed by atoms with Gasteiger partial charge < -0.3 is 10.5 Å². The third-order valence-electron chi connectivity index (χ3n) is 2.47. The molecule has 0 bridgehead atoms. The molecule has 0 amide bonds. The quantitative estimate of drug-likeness (QED) is 0.877. The molecule has 0 saturated heterocycles. The molecule has 0 unspecified atom stereocenters. The Labute approximate surface area is 100 Å². The van der Waals surface area contributed by atoms with E-state index in [9.17, 15) is 0 Å². The van der Waals surface area contributed by atoms with Crippen LogP contribution in [0.4, 0.5) is 0 Å². The molecule has 0 fully saturated rings. The van der Waals surface area contributed by atoms with E-state index < -0.39 is 0 Å². The van der Waals surface area contributed by atoms with Crippen molar-refractivity contribution in [1.29, 1.82) is 0 Å². The summed E-state index contributed by atoms with van der Waals surface area (Å²) in [5, 5.41) is 0. The normalized spacial score (nSPS) is 10.3. The van der Waals surface area contributed by atoms with Crippen molar-refractivity contribution in [2.45, 2.75) is 20.4 Å². The van der Waals surface area contributed by atoms with Crippen molar-refractivity contribution in [1.82, 2.24) is 9.97 Å². The lowest BCUT2D eigenvalue weighted by atomic mass is 10.1. The molecule has 1 aromatic heterocycles. The summed E-state index contributed by atoms with van der Waals surface area (Å²) >= 11 is 0. The van der Waals surface area contributed by atoms with Gasteiger partial charge in [-0.1, -0.05) is 17.7 Å². The summed E-state index contributed by atoms with van der Waals surface area (Å²) < 4.78 is 5.73. The van der Waals surface area contributed by atoms with Gasteiger partial charge in [-0.05, 0) is 25.5 Å². The molecule has 0 aliphatic rings. The van der Waals surface area contributed by atoms with Gasteiger partial charge in [-0.25, -0.2) is 4.98 Å². The second kappa shape index (κ2) is 4.93. The molecular formula is C13H15N3O. The molecule has 0 aliphatic carbocycles. The van der Waals surface area contributed by atoms with Gasteiger partial charge in [-0.2, -0.15) is 0 Å². The van der Waals surface area contributed by atoms with E-state index in [-0.39, 0.29) is 0 Å². The zero-order valence-electron chi connectivity index (χ0n) is 9.97. The Balaban J connectivity index is 2.31. The highest BCUT2D eigenvalue weighted by molar-refractivity contribution is 5.38. The van der Waals surface area contributed by atoms with Crippen LogP contribution >= 0.6 is 0 Å². The first-order valence-corrected chi connectivity index (χ1v) is 5.46. The van der Waals surface area contributed by atoms with Crippen LogP contribution in [0, 0.1) is 13.8 Å². The maximum absolute atomic E-state index is 5.73. The number of nitrogens with two attached hydrogens (primary N) is 1. The molecule has 17 heavy (non-hydrogen) atoms. The lowest BCUT2D eigenvalue weighted by Crippen LogP contribution is -2.04. The van der Waals surface area contributed by atoms with Gasteiger partial charge in [-0.3, -0.25) is 4.98 Å². The topological polar surface area (TPSA) is 61.0 Å². The molecule has 88 valence electrons. The van der Waals surface area contributed by atoms with E-state index in [4.69, 9.17) is 10.5 Å². The molecule has 1 heterocycles.